The molecule has 0 radical (unpaired) electrons. The lowest BCUT2D eigenvalue weighted by Gasteiger charge is -2.36. The molecule has 1 atom stereocenters. The Kier molecular flexibility index (Phi) is 6.11. The van der Waals surface area contributed by atoms with Crippen LogP contribution in [0, 0.1) is 5.92 Å². The first-order chi connectivity index (χ1) is 12.5. The van der Waals surface area contributed by atoms with Gasteiger partial charge in [0.05, 0.1) is 5.56 Å². The second-order valence-electron chi connectivity index (χ2n) is 7.55. The summed E-state index contributed by atoms with van der Waals surface area (Å²) < 4.78 is 5.61. The summed E-state index contributed by atoms with van der Waals surface area (Å²) in [5.41, 5.74) is 6.84. The lowest BCUT2D eigenvalue weighted by atomic mass is 9.63. The van der Waals surface area contributed by atoms with Crippen molar-refractivity contribution in [3.05, 3.63) is 29.3 Å². The number of carbonyl (C=O) groups is 2. The lowest BCUT2D eigenvalue weighted by molar-refractivity contribution is -0.120. The summed E-state index contributed by atoms with van der Waals surface area (Å²) in [6, 6.07) is 5.89. The monoisotopic (exact) mass is 358 g/mol. The van der Waals surface area contributed by atoms with E-state index in [-0.39, 0.29) is 17.4 Å². The van der Waals surface area contributed by atoms with Gasteiger partial charge in [-0.2, -0.15) is 0 Å². The van der Waals surface area contributed by atoms with E-state index in [4.69, 9.17) is 10.4 Å². The predicted molar refractivity (Wildman–Crippen MR) is 100 cm³/mol. The van der Waals surface area contributed by atoms with Crippen molar-refractivity contribution in [3.63, 3.8) is 0 Å². The standard InChI is InChI=1S/C19H27BN2O4/c1-12(23)18-4-2-3-14-10-15(20(25)26-19(14)18)11-17(24)9-13-7-16(8-13)22-6-5-21/h2-4,13,15-16,22,25H,5-11,21H2,1H3/t13?,15-,16?/m1/s1. The van der Waals surface area contributed by atoms with Gasteiger partial charge in [0, 0.05) is 37.8 Å². The minimum Gasteiger partial charge on any atom is -0.535 e. The van der Waals surface area contributed by atoms with Gasteiger partial charge in [-0.15, -0.1) is 0 Å². The molecule has 1 aromatic carbocycles. The van der Waals surface area contributed by atoms with Gasteiger partial charge in [-0.1, -0.05) is 12.1 Å². The Hall–Kier alpha value is -1.70. The first kappa shape index (κ1) is 19.1. The second-order valence-corrected chi connectivity index (χ2v) is 7.55. The highest BCUT2D eigenvalue weighted by atomic mass is 16.5. The predicted octanol–water partition coefficient (Wildman–Crippen LogP) is 1.35. The Bertz CT molecular complexity index is 676. The van der Waals surface area contributed by atoms with Crippen LogP contribution in [0.2, 0.25) is 5.82 Å². The number of rotatable bonds is 8. The fourth-order valence-electron chi connectivity index (χ4n) is 3.99. The molecule has 0 bridgehead atoms. The van der Waals surface area contributed by atoms with E-state index < -0.39 is 7.12 Å². The molecule has 1 aliphatic heterocycles. The molecule has 26 heavy (non-hydrogen) atoms. The maximum atomic E-state index is 12.4. The maximum absolute atomic E-state index is 12.4. The fraction of sp³-hybridized carbons (Fsp3) is 0.579. The van der Waals surface area contributed by atoms with E-state index in [2.05, 4.69) is 5.32 Å². The van der Waals surface area contributed by atoms with E-state index in [1.54, 1.807) is 6.07 Å². The minimum atomic E-state index is -1.05. The van der Waals surface area contributed by atoms with Gasteiger partial charge in [-0.3, -0.25) is 9.59 Å². The summed E-state index contributed by atoms with van der Waals surface area (Å²) in [5.74, 6) is 0.709. The SMILES string of the molecule is CC(=O)c1cccc2c1OB(O)[C@@H](CC(=O)CC1CC(NCCN)C1)C2. The number of fused-ring (bicyclic) bond motifs is 1. The molecule has 0 saturated heterocycles. The van der Waals surface area contributed by atoms with Crippen molar-refractivity contribution in [2.24, 2.45) is 11.7 Å². The van der Waals surface area contributed by atoms with Crippen molar-refractivity contribution in [2.75, 3.05) is 13.1 Å². The fourth-order valence-corrected chi connectivity index (χ4v) is 3.99. The Labute approximate surface area is 154 Å². The van der Waals surface area contributed by atoms with Crippen molar-refractivity contribution in [1.29, 1.82) is 0 Å². The molecule has 0 unspecified atom stereocenters. The normalized spacial score (nSPS) is 24.4. The maximum Gasteiger partial charge on any atom is 0.526 e. The molecule has 1 saturated carbocycles. The average molecular weight is 358 g/mol. The number of hydrogen-bond acceptors (Lipinski definition) is 6. The quantitative estimate of drug-likeness (QED) is 0.479. The van der Waals surface area contributed by atoms with Gasteiger partial charge >= 0.3 is 7.12 Å². The summed E-state index contributed by atoms with van der Waals surface area (Å²) in [7, 11) is -1.05. The average Bonchev–Trinajstić information content (AvgIpc) is 2.56. The van der Waals surface area contributed by atoms with Crippen LogP contribution in [-0.4, -0.2) is 42.8 Å². The van der Waals surface area contributed by atoms with E-state index >= 15 is 0 Å². The Balaban J connectivity index is 1.52. The van der Waals surface area contributed by atoms with Crippen LogP contribution >= 0.6 is 0 Å². The Morgan fingerprint density at radius 2 is 2.12 bits per heavy atom. The van der Waals surface area contributed by atoms with Crippen LogP contribution in [0.5, 0.6) is 5.75 Å². The molecule has 4 N–H and O–H groups in total. The van der Waals surface area contributed by atoms with Gasteiger partial charge in [0.25, 0.3) is 0 Å². The summed E-state index contributed by atoms with van der Waals surface area (Å²) >= 11 is 0. The van der Waals surface area contributed by atoms with Crippen molar-refractivity contribution in [2.45, 2.75) is 50.9 Å². The number of hydrogen-bond donors (Lipinski definition) is 3. The molecule has 1 aliphatic carbocycles. The molecular formula is C19H27BN2O4. The van der Waals surface area contributed by atoms with Gasteiger partial charge in [-0.25, -0.2) is 0 Å². The Morgan fingerprint density at radius 3 is 2.81 bits per heavy atom. The number of Topliss-reactive ketones (excluding diaryl/α,β-unsaturated/α-hetero) is 2. The molecule has 1 fully saturated rings. The highest BCUT2D eigenvalue weighted by Gasteiger charge is 2.38. The smallest absolute Gasteiger partial charge is 0.526 e. The van der Waals surface area contributed by atoms with Crippen molar-refractivity contribution < 1.29 is 19.3 Å². The molecule has 6 nitrogen and oxygen atoms in total. The third kappa shape index (κ3) is 4.34. The van der Waals surface area contributed by atoms with Crippen molar-refractivity contribution in [3.8, 4) is 5.75 Å². The summed E-state index contributed by atoms with van der Waals surface area (Å²) in [5, 5.41) is 13.7. The molecule has 7 heteroatoms. The second kappa shape index (κ2) is 8.33. The van der Waals surface area contributed by atoms with E-state index in [1.165, 1.54) is 6.92 Å². The lowest BCUT2D eigenvalue weighted by Crippen LogP contribution is -2.44. The van der Waals surface area contributed by atoms with Gasteiger partial charge in [0.2, 0.25) is 0 Å². The molecule has 0 aromatic heterocycles. The zero-order valence-electron chi connectivity index (χ0n) is 15.2. The molecule has 0 spiro atoms. The third-order valence-electron chi connectivity index (χ3n) is 5.42. The van der Waals surface area contributed by atoms with Crippen LogP contribution in [0.15, 0.2) is 18.2 Å². The van der Waals surface area contributed by atoms with Crippen LogP contribution in [0.4, 0.5) is 0 Å². The number of para-hydroxylation sites is 1. The van der Waals surface area contributed by atoms with E-state index in [1.807, 2.05) is 12.1 Å². The van der Waals surface area contributed by atoms with Crippen molar-refractivity contribution in [1.82, 2.24) is 5.32 Å². The van der Waals surface area contributed by atoms with Gasteiger partial charge in [0.15, 0.2) is 5.78 Å². The van der Waals surface area contributed by atoms with E-state index in [0.29, 0.717) is 49.1 Å². The molecule has 3 rings (SSSR count). The molecule has 0 amide bonds. The number of carbonyl (C=O) groups excluding carboxylic acids is 2. The van der Waals surface area contributed by atoms with Crippen LogP contribution in [0.25, 0.3) is 0 Å². The first-order valence-corrected chi connectivity index (χ1v) is 9.40. The zero-order valence-corrected chi connectivity index (χ0v) is 15.2. The molecule has 140 valence electrons. The van der Waals surface area contributed by atoms with E-state index in [0.717, 1.165) is 24.9 Å². The third-order valence-corrected chi connectivity index (χ3v) is 5.42. The molecular weight excluding hydrogens is 331 g/mol. The van der Waals surface area contributed by atoms with Crippen molar-refractivity contribution >= 4 is 18.7 Å². The summed E-state index contributed by atoms with van der Waals surface area (Å²) in [4.78, 5) is 24.1. The molecule has 1 heterocycles. The summed E-state index contributed by atoms with van der Waals surface area (Å²) in [6.07, 6.45) is 3.45. The molecule has 1 aromatic rings. The van der Waals surface area contributed by atoms with Crippen LogP contribution in [-0.2, 0) is 11.2 Å². The highest BCUT2D eigenvalue weighted by molar-refractivity contribution is 6.47. The van der Waals surface area contributed by atoms with Crippen LogP contribution in [0.1, 0.15) is 48.5 Å². The first-order valence-electron chi connectivity index (χ1n) is 9.40. The van der Waals surface area contributed by atoms with Gasteiger partial charge in [0.1, 0.15) is 11.5 Å². The number of ketones is 2. The largest absolute Gasteiger partial charge is 0.535 e. The van der Waals surface area contributed by atoms with Gasteiger partial charge < -0.3 is 20.7 Å². The topological polar surface area (TPSA) is 102 Å². The Morgan fingerprint density at radius 1 is 1.35 bits per heavy atom. The number of benzene rings is 1. The number of nitrogens with one attached hydrogen (secondary N) is 1. The molecule has 2 aliphatic rings. The number of nitrogens with two attached hydrogens (primary N) is 1. The minimum absolute atomic E-state index is 0.0913. The van der Waals surface area contributed by atoms with Gasteiger partial charge in [-0.05, 0) is 43.7 Å². The highest BCUT2D eigenvalue weighted by Crippen LogP contribution is 2.37. The zero-order chi connectivity index (χ0) is 18.7. The van der Waals surface area contributed by atoms with E-state index in [9.17, 15) is 14.6 Å². The van der Waals surface area contributed by atoms with Crippen LogP contribution in [0.3, 0.4) is 0 Å². The van der Waals surface area contributed by atoms with Crippen LogP contribution < -0.4 is 15.7 Å². The summed E-state index contributed by atoms with van der Waals surface area (Å²) in [6.45, 7) is 2.93.